The maximum Gasteiger partial charge on any atom is 0.173 e. The molecule has 0 saturated heterocycles. The van der Waals surface area contributed by atoms with Crippen LogP contribution in [0, 0.1) is 0 Å². The number of hydrogen-bond donors (Lipinski definition) is 1. The molecule has 5 nitrogen and oxygen atoms in total. The first-order valence-corrected chi connectivity index (χ1v) is 7.26. The Hall–Kier alpha value is -0.690. The maximum absolute atomic E-state index is 6.24. The zero-order chi connectivity index (χ0) is 14.0. The molecule has 1 unspecified atom stereocenters. The highest BCUT2D eigenvalue weighted by Gasteiger charge is 2.18. The summed E-state index contributed by atoms with van der Waals surface area (Å²) in [5, 5.41) is 15.8. The zero-order valence-electron chi connectivity index (χ0n) is 10.4. The highest BCUT2D eigenvalue weighted by Crippen LogP contribution is 2.35. The van der Waals surface area contributed by atoms with Crippen LogP contribution in [0.15, 0.2) is 16.6 Å². The molecule has 0 saturated carbocycles. The van der Waals surface area contributed by atoms with Crippen molar-refractivity contribution in [2.45, 2.75) is 19.9 Å². The number of rotatable bonds is 4. The van der Waals surface area contributed by atoms with Crippen LogP contribution in [0.2, 0.25) is 10.0 Å². The van der Waals surface area contributed by atoms with Gasteiger partial charge in [0.25, 0.3) is 0 Å². The van der Waals surface area contributed by atoms with Crippen LogP contribution in [-0.4, -0.2) is 26.8 Å². The van der Waals surface area contributed by atoms with Crippen LogP contribution in [0.1, 0.15) is 25.7 Å². The number of nitrogens with zero attached hydrogens (tertiary/aromatic N) is 4. The van der Waals surface area contributed by atoms with Crippen LogP contribution in [0.3, 0.4) is 0 Å². The Kier molecular flexibility index (Phi) is 4.78. The minimum atomic E-state index is 0.0125. The Bertz CT molecular complexity index is 586. The lowest BCUT2D eigenvalue weighted by atomic mass is 10.2. The molecule has 0 aliphatic rings. The van der Waals surface area contributed by atoms with Crippen LogP contribution >= 0.6 is 39.1 Å². The van der Waals surface area contributed by atoms with Crippen LogP contribution in [0.5, 0.6) is 0 Å². The van der Waals surface area contributed by atoms with Crippen molar-refractivity contribution in [2.75, 3.05) is 6.54 Å². The number of hydrogen-bond acceptors (Lipinski definition) is 4. The topological polar surface area (TPSA) is 55.6 Å². The number of halogens is 3. The predicted octanol–water partition coefficient (Wildman–Crippen LogP) is 3.40. The van der Waals surface area contributed by atoms with E-state index in [1.165, 1.54) is 0 Å². The fourth-order valence-electron chi connectivity index (χ4n) is 1.71. The van der Waals surface area contributed by atoms with E-state index in [0.717, 1.165) is 11.0 Å². The second-order valence-corrected chi connectivity index (χ2v) is 5.53. The molecular formula is C11H12BrCl2N5. The first kappa shape index (κ1) is 14.7. The monoisotopic (exact) mass is 363 g/mol. The van der Waals surface area contributed by atoms with Gasteiger partial charge in [0.1, 0.15) is 0 Å². The van der Waals surface area contributed by atoms with Gasteiger partial charge in [-0.15, -0.1) is 5.10 Å². The second kappa shape index (κ2) is 6.17. The minimum Gasteiger partial charge on any atom is -0.308 e. The first-order chi connectivity index (χ1) is 9.06. The van der Waals surface area contributed by atoms with Crippen molar-refractivity contribution in [2.24, 2.45) is 0 Å². The van der Waals surface area contributed by atoms with Crippen LogP contribution in [-0.2, 0) is 0 Å². The lowest BCUT2D eigenvalue weighted by Crippen LogP contribution is -2.21. The number of nitrogens with one attached hydrogen (secondary N) is 1. The molecule has 8 heteroatoms. The summed E-state index contributed by atoms with van der Waals surface area (Å²) in [6.07, 6.45) is 0. The third-order valence-corrected chi connectivity index (χ3v) is 4.40. The van der Waals surface area contributed by atoms with Crippen molar-refractivity contribution >= 4 is 39.1 Å². The largest absolute Gasteiger partial charge is 0.308 e. The normalized spacial score (nSPS) is 12.7. The van der Waals surface area contributed by atoms with Gasteiger partial charge in [-0.05, 0) is 52.0 Å². The summed E-state index contributed by atoms with van der Waals surface area (Å²) in [6, 6.07) is 3.64. The summed E-state index contributed by atoms with van der Waals surface area (Å²) in [7, 11) is 0. The van der Waals surface area contributed by atoms with Crippen LogP contribution in [0.25, 0.3) is 5.69 Å². The summed E-state index contributed by atoms with van der Waals surface area (Å²) < 4.78 is 2.32. The van der Waals surface area contributed by atoms with Gasteiger partial charge in [0.15, 0.2) is 5.82 Å². The van der Waals surface area contributed by atoms with Gasteiger partial charge in [0.05, 0.1) is 21.8 Å². The van der Waals surface area contributed by atoms with E-state index >= 15 is 0 Å². The molecule has 0 amide bonds. The first-order valence-electron chi connectivity index (χ1n) is 5.71. The Morgan fingerprint density at radius 1 is 1.37 bits per heavy atom. The van der Waals surface area contributed by atoms with Gasteiger partial charge in [-0.2, -0.15) is 4.68 Å². The fourth-order valence-corrected chi connectivity index (χ4v) is 2.56. The van der Waals surface area contributed by atoms with Gasteiger partial charge in [-0.3, -0.25) is 0 Å². The van der Waals surface area contributed by atoms with Crippen molar-refractivity contribution < 1.29 is 0 Å². The molecule has 19 heavy (non-hydrogen) atoms. The molecule has 0 aliphatic heterocycles. The van der Waals surface area contributed by atoms with E-state index in [0.29, 0.717) is 21.6 Å². The molecule has 1 N–H and O–H groups in total. The molecule has 0 radical (unpaired) electrons. The maximum atomic E-state index is 6.24. The second-order valence-electron chi connectivity index (χ2n) is 3.92. The zero-order valence-corrected chi connectivity index (χ0v) is 13.5. The fraction of sp³-hybridized carbons (Fsp3) is 0.364. The summed E-state index contributed by atoms with van der Waals surface area (Å²) >= 11 is 15.7. The number of aromatic nitrogens is 4. The quantitative estimate of drug-likeness (QED) is 0.844. The minimum absolute atomic E-state index is 0.0125. The Morgan fingerprint density at radius 2 is 2.11 bits per heavy atom. The third-order valence-electron chi connectivity index (χ3n) is 2.63. The molecule has 0 bridgehead atoms. The molecular weight excluding hydrogens is 353 g/mol. The van der Waals surface area contributed by atoms with Crippen molar-refractivity contribution in [3.05, 3.63) is 32.5 Å². The van der Waals surface area contributed by atoms with E-state index < -0.39 is 0 Å². The highest BCUT2D eigenvalue weighted by atomic mass is 79.9. The van der Waals surface area contributed by atoms with E-state index in [1.807, 2.05) is 26.0 Å². The van der Waals surface area contributed by atoms with Gasteiger partial charge in [-0.25, -0.2) is 0 Å². The average molecular weight is 365 g/mol. The smallest absolute Gasteiger partial charge is 0.173 e. The summed E-state index contributed by atoms with van der Waals surface area (Å²) in [5.41, 5.74) is 0.652. The van der Waals surface area contributed by atoms with Gasteiger partial charge < -0.3 is 5.32 Å². The van der Waals surface area contributed by atoms with E-state index in [1.54, 1.807) is 4.68 Å². The summed E-state index contributed by atoms with van der Waals surface area (Å²) in [5.74, 6) is 0.683. The Labute approximate surface area is 129 Å². The molecule has 1 aromatic carbocycles. The predicted molar refractivity (Wildman–Crippen MR) is 79.0 cm³/mol. The highest BCUT2D eigenvalue weighted by molar-refractivity contribution is 9.10. The van der Waals surface area contributed by atoms with E-state index in [9.17, 15) is 0 Å². The van der Waals surface area contributed by atoms with Gasteiger partial charge >= 0.3 is 0 Å². The van der Waals surface area contributed by atoms with Crippen LogP contribution in [0.4, 0.5) is 0 Å². The molecule has 0 aliphatic carbocycles. The molecule has 102 valence electrons. The van der Waals surface area contributed by atoms with Gasteiger partial charge in [0, 0.05) is 4.47 Å². The van der Waals surface area contributed by atoms with Gasteiger partial charge in [-0.1, -0.05) is 30.1 Å². The third kappa shape index (κ3) is 2.91. The molecule has 1 heterocycles. The van der Waals surface area contributed by atoms with Gasteiger partial charge in [0.2, 0.25) is 0 Å². The Morgan fingerprint density at radius 3 is 2.79 bits per heavy atom. The average Bonchev–Trinajstić information content (AvgIpc) is 2.85. The van der Waals surface area contributed by atoms with Crippen LogP contribution < -0.4 is 5.32 Å². The Balaban J connectivity index is 2.49. The molecule has 2 aromatic rings. The van der Waals surface area contributed by atoms with Crippen molar-refractivity contribution in [1.29, 1.82) is 0 Å². The molecule has 1 atom stereocenters. The molecule has 1 aromatic heterocycles. The number of tetrazole rings is 1. The summed E-state index contributed by atoms with van der Waals surface area (Å²) in [4.78, 5) is 0. The molecule has 2 rings (SSSR count). The van der Waals surface area contributed by atoms with E-state index in [4.69, 9.17) is 23.2 Å². The molecule has 0 fully saturated rings. The molecule has 0 spiro atoms. The lowest BCUT2D eigenvalue weighted by Gasteiger charge is -2.13. The van der Waals surface area contributed by atoms with Crippen molar-refractivity contribution in [3.8, 4) is 5.69 Å². The van der Waals surface area contributed by atoms with Crippen molar-refractivity contribution in [1.82, 2.24) is 25.5 Å². The number of benzene rings is 1. The van der Waals surface area contributed by atoms with E-state index in [-0.39, 0.29) is 6.04 Å². The van der Waals surface area contributed by atoms with Crippen molar-refractivity contribution in [3.63, 3.8) is 0 Å². The SMILES string of the molecule is CCNC(C)c1nnnn1-c1ccc(Br)c(Cl)c1Cl. The standard InChI is InChI=1S/C11H12BrCl2N5/c1-3-15-6(2)11-16-17-18-19(11)8-5-4-7(12)9(13)10(8)14/h4-6,15H,3H2,1-2H3. The van der Waals surface area contributed by atoms with E-state index in [2.05, 4.69) is 36.8 Å². The summed E-state index contributed by atoms with van der Waals surface area (Å²) in [6.45, 7) is 4.83. The lowest BCUT2D eigenvalue weighted by molar-refractivity contribution is 0.550.